The summed E-state index contributed by atoms with van der Waals surface area (Å²) in [5.74, 6) is -0.689. The average Bonchev–Trinajstić information content (AvgIpc) is 2.38. The van der Waals surface area contributed by atoms with Crippen LogP contribution in [0.4, 0.5) is 4.39 Å². The highest BCUT2D eigenvalue weighted by molar-refractivity contribution is 6.29. The molecule has 20 heavy (non-hydrogen) atoms. The molecule has 1 aromatic heterocycles. The van der Waals surface area contributed by atoms with E-state index in [1.54, 1.807) is 32.3 Å². The molecule has 0 N–H and O–H groups in total. The highest BCUT2D eigenvalue weighted by Gasteiger charge is 2.14. The predicted octanol–water partition coefficient (Wildman–Crippen LogP) is 3.55. The van der Waals surface area contributed by atoms with Gasteiger partial charge in [0.05, 0.1) is 0 Å². The van der Waals surface area contributed by atoms with E-state index >= 15 is 0 Å². The van der Waals surface area contributed by atoms with Crippen molar-refractivity contribution in [2.24, 2.45) is 0 Å². The number of carbonyl (C=O) groups is 1. The Hall–Kier alpha value is -1.94. The lowest BCUT2D eigenvalue weighted by molar-refractivity contribution is 0.0827. The number of rotatable bonds is 2. The monoisotopic (exact) mass is 292 g/mol. The molecule has 0 unspecified atom stereocenters. The zero-order valence-electron chi connectivity index (χ0n) is 11.4. The lowest BCUT2D eigenvalue weighted by Crippen LogP contribution is -2.21. The summed E-state index contributed by atoms with van der Waals surface area (Å²) in [7, 11) is 3.25. The number of hydrogen-bond donors (Lipinski definition) is 0. The molecule has 0 saturated carbocycles. The molecule has 0 aliphatic rings. The Balaban J connectivity index is 2.47. The maximum absolute atomic E-state index is 14.2. The fourth-order valence-electron chi connectivity index (χ4n) is 1.93. The van der Waals surface area contributed by atoms with E-state index in [4.69, 9.17) is 11.6 Å². The van der Waals surface area contributed by atoms with Crippen LogP contribution in [0.15, 0.2) is 30.5 Å². The standard InChI is InChI=1S/C15H14ClFN2O/c1-9-6-14(16)18-8-12(9)11-5-4-10(7-13(11)17)15(20)19(2)3/h4-8H,1-3H3. The van der Waals surface area contributed by atoms with Crippen molar-refractivity contribution in [2.75, 3.05) is 14.1 Å². The molecule has 0 spiro atoms. The van der Waals surface area contributed by atoms with E-state index in [1.807, 2.05) is 6.92 Å². The van der Waals surface area contributed by atoms with Crippen LogP contribution in [-0.4, -0.2) is 29.9 Å². The van der Waals surface area contributed by atoms with Gasteiger partial charge in [0.1, 0.15) is 11.0 Å². The molecule has 104 valence electrons. The van der Waals surface area contributed by atoms with Crippen molar-refractivity contribution in [1.29, 1.82) is 0 Å². The maximum atomic E-state index is 14.2. The van der Waals surface area contributed by atoms with Crippen LogP contribution in [0, 0.1) is 12.7 Å². The van der Waals surface area contributed by atoms with Crippen LogP contribution < -0.4 is 0 Å². The number of amides is 1. The Morgan fingerprint density at radius 2 is 1.95 bits per heavy atom. The SMILES string of the molecule is Cc1cc(Cl)ncc1-c1ccc(C(=O)N(C)C)cc1F. The first-order valence-corrected chi connectivity index (χ1v) is 6.41. The van der Waals surface area contributed by atoms with Gasteiger partial charge in [0.25, 0.3) is 5.91 Å². The van der Waals surface area contributed by atoms with Crippen LogP contribution in [-0.2, 0) is 0 Å². The van der Waals surface area contributed by atoms with Gasteiger partial charge in [-0.2, -0.15) is 0 Å². The topological polar surface area (TPSA) is 33.2 Å². The zero-order chi connectivity index (χ0) is 14.9. The van der Waals surface area contributed by atoms with Gasteiger partial charge in [-0.15, -0.1) is 0 Å². The average molecular weight is 293 g/mol. The minimum absolute atomic E-state index is 0.235. The molecular formula is C15H14ClFN2O. The van der Waals surface area contributed by atoms with Gasteiger partial charge in [-0.25, -0.2) is 9.37 Å². The van der Waals surface area contributed by atoms with Crippen molar-refractivity contribution >= 4 is 17.5 Å². The summed E-state index contributed by atoms with van der Waals surface area (Å²) in [5, 5.41) is 0.367. The molecule has 0 aliphatic heterocycles. The molecule has 0 fully saturated rings. The van der Waals surface area contributed by atoms with Crippen molar-refractivity contribution in [3.63, 3.8) is 0 Å². The third-order valence-corrected chi connectivity index (χ3v) is 3.20. The van der Waals surface area contributed by atoms with E-state index in [0.29, 0.717) is 21.8 Å². The molecule has 5 heteroatoms. The third-order valence-electron chi connectivity index (χ3n) is 2.99. The van der Waals surface area contributed by atoms with Crippen LogP contribution in [0.25, 0.3) is 11.1 Å². The minimum atomic E-state index is -0.454. The van der Waals surface area contributed by atoms with E-state index in [1.165, 1.54) is 17.2 Å². The predicted molar refractivity (Wildman–Crippen MR) is 77.4 cm³/mol. The van der Waals surface area contributed by atoms with Gasteiger partial charge in [-0.3, -0.25) is 4.79 Å². The van der Waals surface area contributed by atoms with E-state index in [0.717, 1.165) is 5.56 Å². The molecule has 1 amide bonds. The summed E-state index contributed by atoms with van der Waals surface area (Å²) in [6.45, 7) is 1.83. The maximum Gasteiger partial charge on any atom is 0.253 e. The Morgan fingerprint density at radius 3 is 2.50 bits per heavy atom. The normalized spacial score (nSPS) is 10.4. The number of aryl methyl sites for hydroxylation is 1. The molecule has 2 aromatic rings. The smallest absolute Gasteiger partial charge is 0.253 e. The van der Waals surface area contributed by atoms with Crippen LogP contribution in [0.1, 0.15) is 15.9 Å². The van der Waals surface area contributed by atoms with Gasteiger partial charge >= 0.3 is 0 Å². The summed E-state index contributed by atoms with van der Waals surface area (Å²) in [5.41, 5.74) is 2.21. The van der Waals surface area contributed by atoms with Crippen LogP contribution in [0.3, 0.4) is 0 Å². The van der Waals surface area contributed by atoms with Crippen molar-refractivity contribution in [3.05, 3.63) is 52.6 Å². The molecular weight excluding hydrogens is 279 g/mol. The summed E-state index contributed by atoms with van der Waals surface area (Å²) in [6.07, 6.45) is 1.53. The number of nitrogens with zero attached hydrogens (tertiary/aromatic N) is 2. The first-order valence-electron chi connectivity index (χ1n) is 6.04. The highest BCUT2D eigenvalue weighted by Crippen LogP contribution is 2.27. The molecule has 0 atom stereocenters. The number of aromatic nitrogens is 1. The summed E-state index contributed by atoms with van der Waals surface area (Å²) < 4.78 is 14.2. The second-order valence-corrected chi connectivity index (χ2v) is 5.10. The molecule has 0 saturated heterocycles. The molecule has 0 aliphatic carbocycles. The van der Waals surface area contributed by atoms with E-state index in [-0.39, 0.29) is 5.91 Å². The number of pyridine rings is 1. The lowest BCUT2D eigenvalue weighted by Gasteiger charge is -2.12. The lowest BCUT2D eigenvalue weighted by atomic mass is 10.0. The minimum Gasteiger partial charge on any atom is -0.345 e. The second kappa shape index (κ2) is 5.59. The van der Waals surface area contributed by atoms with Gasteiger partial charge in [-0.05, 0) is 30.7 Å². The van der Waals surface area contributed by atoms with Crippen molar-refractivity contribution < 1.29 is 9.18 Å². The van der Waals surface area contributed by atoms with Crippen molar-refractivity contribution in [1.82, 2.24) is 9.88 Å². The fourth-order valence-corrected chi connectivity index (χ4v) is 2.14. The molecule has 1 aromatic carbocycles. The Bertz CT molecular complexity index is 671. The fraction of sp³-hybridized carbons (Fsp3) is 0.200. The molecule has 2 rings (SSSR count). The summed E-state index contributed by atoms with van der Waals surface area (Å²) in [6, 6.07) is 6.11. The number of halogens is 2. The number of carbonyl (C=O) groups excluding carboxylic acids is 1. The van der Waals surface area contributed by atoms with Gasteiger partial charge in [0.2, 0.25) is 0 Å². The van der Waals surface area contributed by atoms with Gasteiger partial charge in [0.15, 0.2) is 0 Å². The first kappa shape index (κ1) is 14.5. The van der Waals surface area contributed by atoms with E-state index in [9.17, 15) is 9.18 Å². The number of benzene rings is 1. The highest BCUT2D eigenvalue weighted by atomic mass is 35.5. The quantitative estimate of drug-likeness (QED) is 0.793. The van der Waals surface area contributed by atoms with Crippen molar-refractivity contribution in [3.8, 4) is 11.1 Å². The molecule has 1 heterocycles. The van der Waals surface area contributed by atoms with Crippen LogP contribution in [0.2, 0.25) is 5.15 Å². The zero-order valence-corrected chi connectivity index (χ0v) is 12.2. The Morgan fingerprint density at radius 1 is 1.25 bits per heavy atom. The second-order valence-electron chi connectivity index (χ2n) is 4.72. The van der Waals surface area contributed by atoms with Gasteiger partial charge in [-0.1, -0.05) is 17.7 Å². The molecule has 0 bridgehead atoms. The van der Waals surface area contributed by atoms with Gasteiger partial charge < -0.3 is 4.90 Å². The molecule has 0 radical (unpaired) electrons. The summed E-state index contributed by atoms with van der Waals surface area (Å²) in [4.78, 5) is 17.2. The van der Waals surface area contributed by atoms with Crippen molar-refractivity contribution in [2.45, 2.75) is 6.92 Å². The first-order chi connectivity index (χ1) is 9.40. The van der Waals surface area contributed by atoms with E-state index in [2.05, 4.69) is 4.98 Å². The Labute approximate surface area is 122 Å². The largest absolute Gasteiger partial charge is 0.345 e. The van der Waals surface area contributed by atoms with E-state index < -0.39 is 5.82 Å². The van der Waals surface area contributed by atoms with Crippen LogP contribution in [0.5, 0.6) is 0 Å². The Kier molecular flexibility index (Phi) is 4.04. The molecule has 3 nitrogen and oxygen atoms in total. The van der Waals surface area contributed by atoms with Gasteiger partial charge in [0, 0.05) is 37.0 Å². The number of hydrogen-bond acceptors (Lipinski definition) is 2. The third kappa shape index (κ3) is 2.80. The summed E-state index contributed by atoms with van der Waals surface area (Å²) >= 11 is 5.79. The van der Waals surface area contributed by atoms with Crippen LogP contribution >= 0.6 is 11.6 Å².